The molecule has 0 spiro atoms. The van der Waals surface area contributed by atoms with Crippen LogP contribution in [0.25, 0.3) is 6.08 Å². The zero-order valence-electron chi connectivity index (χ0n) is 12.3. The van der Waals surface area contributed by atoms with E-state index in [1.165, 1.54) is 0 Å². The Morgan fingerprint density at radius 2 is 1.86 bits per heavy atom. The van der Waals surface area contributed by atoms with E-state index in [1.54, 1.807) is 24.3 Å². The highest BCUT2D eigenvalue weighted by Crippen LogP contribution is 2.32. The molecule has 1 atom stereocenters. The third-order valence-corrected chi connectivity index (χ3v) is 3.26. The number of aliphatic hydroxyl groups is 1. The van der Waals surface area contributed by atoms with Crippen molar-refractivity contribution in [1.82, 2.24) is 0 Å². The van der Waals surface area contributed by atoms with Gasteiger partial charge in [-0.05, 0) is 48.9 Å². The predicted molar refractivity (Wildman–Crippen MR) is 84.8 cm³/mol. The van der Waals surface area contributed by atoms with E-state index in [1.807, 2.05) is 44.2 Å². The van der Waals surface area contributed by atoms with Crippen LogP contribution in [0, 0.1) is 0 Å². The first-order valence-electron chi connectivity index (χ1n) is 6.98. The van der Waals surface area contributed by atoms with Crippen LogP contribution < -0.4 is 4.74 Å². The van der Waals surface area contributed by atoms with Gasteiger partial charge in [-0.2, -0.15) is 0 Å². The standard InChI is InChI=1S/C18H20O3/c1-3-4-14-5-10-18(17(11-14)13(2)12-19)21-16-8-6-15(20)7-9-16/h3-11,13,19-20H,12H2,1-2H3/t13-/m1/s1. The SMILES string of the molecule is CC=Cc1ccc(Oc2ccc(O)cc2)c([C@H](C)CO)c1. The van der Waals surface area contributed by atoms with E-state index in [-0.39, 0.29) is 18.3 Å². The Morgan fingerprint density at radius 1 is 1.14 bits per heavy atom. The fraction of sp³-hybridized carbons (Fsp3) is 0.222. The molecule has 110 valence electrons. The zero-order chi connectivity index (χ0) is 15.2. The van der Waals surface area contributed by atoms with Gasteiger partial charge in [0.15, 0.2) is 0 Å². The lowest BCUT2D eigenvalue weighted by molar-refractivity contribution is 0.271. The summed E-state index contributed by atoms with van der Waals surface area (Å²) in [5.41, 5.74) is 2.03. The van der Waals surface area contributed by atoms with Gasteiger partial charge in [0.2, 0.25) is 0 Å². The van der Waals surface area contributed by atoms with Gasteiger partial charge < -0.3 is 14.9 Å². The second-order valence-electron chi connectivity index (χ2n) is 4.98. The van der Waals surface area contributed by atoms with E-state index in [0.29, 0.717) is 5.75 Å². The molecule has 0 aliphatic heterocycles. The molecule has 0 saturated carbocycles. The summed E-state index contributed by atoms with van der Waals surface area (Å²) < 4.78 is 5.87. The summed E-state index contributed by atoms with van der Waals surface area (Å²) in [5, 5.41) is 18.7. The fourth-order valence-electron chi connectivity index (χ4n) is 2.08. The smallest absolute Gasteiger partial charge is 0.131 e. The number of phenolic OH excluding ortho intramolecular Hbond substituents is 1. The first-order valence-corrected chi connectivity index (χ1v) is 6.98. The van der Waals surface area contributed by atoms with Gasteiger partial charge >= 0.3 is 0 Å². The summed E-state index contributed by atoms with van der Waals surface area (Å²) in [4.78, 5) is 0. The van der Waals surface area contributed by atoms with Crippen molar-refractivity contribution < 1.29 is 14.9 Å². The molecule has 0 amide bonds. The molecule has 0 saturated heterocycles. The van der Waals surface area contributed by atoms with Crippen molar-refractivity contribution in [3.8, 4) is 17.2 Å². The van der Waals surface area contributed by atoms with Crippen molar-refractivity contribution >= 4 is 6.08 Å². The first kappa shape index (κ1) is 15.1. The molecule has 3 nitrogen and oxygen atoms in total. The van der Waals surface area contributed by atoms with Crippen LogP contribution in [0.2, 0.25) is 0 Å². The summed E-state index contributed by atoms with van der Waals surface area (Å²) in [6.07, 6.45) is 3.99. The van der Waals surface area contributed by atoms with Gasteiger partial charge in [0.1, 0.15) is 17.2 Å². The molecule has 0 aromatic heterocycles. The maximum Gasteiger partial charge on any atom is 0.131 e. The Kier molecular flexibility index (Phi) is 5.01. The molecule has 21 heavy (non-hydrogen) atoms. The first-order chi connectivity index (χ1) is 10.1. The summed E-state index contributed by atoms with van der Waals surface area (Å²) in [5.74, 6) is 1.56. The maximum absolute atomic E-state index is 9.43. The van der Waals surface area contributed by atoms with Crippen LogP contribution in [0.4, 0.5) is 0 Å². The number of hydrogen-bond donors (Lipinski definition) is 2. The topological polar surface area (TPSA) is 49.7 Å². The molecular formula is C18H20O3. The Morgan fingerprint density at radius 3 is 2.48 bits per heavy atom. The third kappa shape index (κ3) is 3.86. The summed E-state index contributed by atoms with van der Waals surface area (Å²) in [6.45, 7) is 3.99. The van der Waals surface area contributed by atoms with Crippen molar-refractivity contribution in [2.45, 2.75) is 19.8 Å². The number of aromatic hydroxyl groups is 1. The highest BCUT2D eigenvalue weighted by molar-refractivity contribution is 5.54. The van der Waals surface area contributed by atoms with E-state index < -0.39 is 0 Å². The van der Waals surface area contributed by atoms with Crippen LogP contribution in [0.5, 0.6) is 17.2 Å². The molecule has 2 N–H and O–H groups in total. The van der Waals surface area contributed by atoms with Gasteiger partial charge in [-0.1, -0.05) is 25.1 Å². The largest absolute Gasteiger partial charge is 0.508 e. The van der Waals surface area contributed by atoms with E-state index in [4.69, 9.17) is 4.74 Å². The van der Waals surface area contributed by atoms with Gasteiger partial charge in [-0.25, -0.2) is 0 Å². The Balaban J connectivity index is 2.35. The van der Waals surface area contributed by atoms with Crippen LogP contribution in [-0.2, 0) is 0 Å². The Labute approximate surface area is 125 Å². The second kappa shape index (κ2) is 6.95. The number of rotatable bonds is 5. The lowest BCUT2D eigenvalue weighted by Crippen LogP contribution is -2.02. The molecule has 2 rings (SSSR count). The van der Waals surface area contributed by atoms with Crippen molar-refractivity contribution in [2.24, 2.45) is 0 Å². The van der Waals surface area contributed by atoms with Crippen LogP contribution in [0.1, 0.15) is 30.9 Å². The normalized spacial score (nSPS) is 12.5. The fourth-order valence-corrected chi connectivity index (χ4v) is 2.08. The molecular weight excluding hydrogens is 264 g/mol. The lowest BCUT2D eigenvalue weighted by Gasteiger charge is -2.16. The number of hydrogen-bond acceptors (Lipinski definition) is 3. The average Bonchev–Trinajstić information content (AvgIpc) is 2.50. The molecule has 0 aliphatic rings. The van der Waals surface area contributed by atoms with Gasteiger partial charge in [0.25, 0.3) is 0 Å². The Bertz CT molecular complexity index is 615. The zero-order valence-corrected chi connectivity index (χ0v) is 12.3. The van der Waals surface area contributed by atoms with Crippen molar-refractivity contribution in [1.29, 1.82) is 0 Å². The molecule has 2 aromatic rings. The molecule has 0 unspecified atom stereocenters. The maximum atomic E-state index is 9.43. The van der Waals surface area contributed by atoms with Gasteiger partial charge in [0, 0.05) is 18.1 Å². The minimum Gasteiger partial charge on any atom is -0.508 e. The van der Waals surface area contributed by atoms with Crippen LogP contribution in [-0.4, -0.2) is 16.8 Å². The number of aliphatic hydroxyl groups excluding tert-OH is 1. The monoisotopic (exact) mass is 284 g/mol. The van der Waals surface area contributed by atoms with Crippen molar-refractivity contribution in [3.05, 3.63) is 59.7 Å². The number of phenols is 1. The van der Waals surface area contributed by atoms with E-state index in [9.17, 15) is 10.2 Å². The van der Waals surface area contributed by atoms with E-state index in [0.717, 1.165) is 16.9 Å². The lowest BCUT2D eigenvalue weighted by atomic mass is 9.98. The summed E-state index contributed by atoms with van der Waals surface area (Å²) in [7, 11) is 0. The summed E-state index contributed by atoms with van der Waals surface area (Å²) in [6, 6.07) is 12.5. The number of allylic oxidation sites excluding steroid dienone is 1. The molecule has 3 heteroatoms. The van der Waals surface area contributed by atoms with Crippen LogP contribution >= 0.6 is 0 Å². The predicted octanol–water partition coefficient (Wildman–Crippen LogP) is 4.31. The minimum absolute atomic E-state index is 0.0117. The molecule has 0 bridgehead atoms. The van der Waals surface area contributed by atoms with E-state index >= 15 is 0 Å². The van der Waals surface area contributed by atoms with Gasteiger partial charge in [-0.15, -0.1) is 0 Å². The summed E-state index contributed by atoms with van der Waals surface area (Å²) >= 11 is 0. The van der Waals surface area contributed by atoms with Gasteiger partial charge in [0.05, 0.1) is 0 Å². The number of benzene rings is 2. The molecule has 0 fully saturated rings. The third-order valence-electron chi connectivity index (χ3n) is 3.26. The second-order valence-corrected chi connectivity index (χ2v) is 4.98. The average molecular weight is 284 g/mol. The minimum atomic E-state index is -0.0117. The van der Waals surface area contributed by atoms with Crippen LogP contribution in [0.3, 0.4) is 0 Å². The van der Waals surface area contributed by atoms with Crippen molar-refractivity contribution in [3.63, 3.8) is 0 Å². The quantitative estimate of drug-likeness (QED) is 0.860. The highest BCUT2D eigenvalue weighted by atomic mass is 16.5. The number of ether oxygens (including phenoxy) is 1. The van der Waals surface area contributed by atoms with Crippen molar-refractivity contribution in [2.75, 3.05) is 6.61 Å². The highest BCUT2D eigenvalue weighted by Gasteiger charge is 2.12. The van der Waals surface area contributed by atoms with Crippen LogP contribution in [0.15, 0.2) is 48.5 Å². The molecule has 0 radical (unpaired) electrons. The van der Waals surface area contributed by atoms with E-state index in [2.05, 4.69) is 0 Å². The Hall–Kier alpha value is -2.26. The molecule has 0 heterocycles. The van der Waals surface area contributed by atoms with Gasteiger partial charge in [-0.3, -0.25) is 0 Å². The molecule has 0 aliphatic carbocycles. The molecule has 2 aromatic carbocycles.